The van der Waals surface area contributed by atoms with Crippen LogP contribution < -0.4 is 10.1 Å². The van der Waals surface area contributed by atoms with E-state index in [0.29, 0.717) is 0 Å². The fraction of sp³-hybridized carbons (Fsp3) is 0. The summed E-state index contributed by atoms with van der Waals surface area (Å²) < 4.78 is 31.8. The van der Waals surface area contributed by atoms with Gasteiger partial charge in [0.2, 0.25) is 0 Å². The van der Waals surface area contributed by atoms with E-state index in [9.17, 15) is 13.6 Å². The van der Waals surface area contributed by atoms with Crippen molar-refractivity contribution in [2.45, 2.75) is 0 Å². The van der Waals surface area contributed by atoms with Crippen LogP contribution in [0.25, 0.3) is 0 Å². The summed E-state index contributed by atoms with van der Waals surface area (Å²) in [6.07, 6.45) is 4.95. The lowest BCUT2D eigenvalue weighted by Gasteiger charge is -2.08. The third-order valence-corrected chi connectivity index (χ3v) is 2.61. The van der Waals surface area contributed by atoms with Gasteiger partial charge < -0.3 is 10.1 Å². The number of nitrogens with zero attached hydrogens (tertiary/aromatic N) is 3. The molecule has 0 atom stereocenters. The first-order valence-electron chi connectivity index (χ1n) is 6.55. The summed E-state index contributed by atoms with van der Waals surface area (Å²) in [5, 5.41) is 2.28. The van der Waals surface area contributed by atoms with Crippen LogP contribution in [0.5, 0.6) is 11.5 Å². The van der Waals surface area contributed by atoms with Gasteiger partial charge in [-0.05, 0) is 18.9 Å². The maximum atomic E-state index is 13.7. The number of rotatable bonds is 6. The Labute approximate surface area is 137 Å². The van der Waals surface area contributed by atoms with Crippen LogP contribution in [-0.4, -0.2) is 22.6 Å². The van der Waals surface area contributed by atoms with Crippen molar-refractivity contribution in [2.75, 3.05) is 0 Å². The second-order valence-corrected chi connectivity index (χ2v) is 4.44. The predicted octanol–water partition coefficient (Wildman–Crippen LogP) is 3.41. The van der Waals surface area contributed by atoms with Crippen molar-refractivity contribution in [3.05, 3.63) is 72.6 Å². The zero-order valence-corrected chi connectivity index (χ0v) is 12.4. The Morgan fingerprint density at radius 1 is 1.29 bits per heavy atom. The van der Waals surface area contributed by atoms with Crippen molar-refractivity contribution in [3.63, 3.8) is 0 Å². The van der Waals surface area contributed by atoms with Gasteiger partial charge in [-0.15, -0.1) is 0 Å². The van der Waals surface area contributed by atoms with Gasteiger partial charge in [0.1, 0.15) is 29.5 Å². The number of benzene rings is 1. The summed E-state index contributed by atoms with van der Waals surface area (Å²) in [6.45, 7) is 6.22. The van der Waals surface area contributed by atoms with Crippen molar-refractivity contribution in [2.24, 2.45) is 4.99 Å². The molecule has 0 saturated carbocycles. The summed E-state index contributed by atoms with van der Waals surface area (Å²) in [4.78, 5) is 23.1. The van der Waals surface area contributed by atoms with E-state index < -0.39 is 17.6 Å². The zero-order valence-electron chi connectivity index (χ0n) is 12.4. The summed E-state index contributed by atoms with van der Waals surface area (Å²) in [5.74, 6) is -2.04. The summed E-state index contributed by atoms with van der Waals surface area (Å²) in [5.41, 5.74) is -0.0548. The monoisotopic (exact) mass is 332 g/mol. The van der Waals surface area contributed by atoms with Crippen molar-refractivity contribution in [1.29, 1.82) is 0 Å². The Hall–Kier alpha value is -3.42. The van der Waals surface area contributed by atoms with E-state index in [4.69, 9.17) is 4.74 Å². The number of carbonyl (C=O) groups excluding carboxylic acids is 1. The van der Waals surface area contributed by atoms with E-state index in [1.165, 1.54) is 24.8 Å². The third-order valence-electron chi connectivity index (χ3n) is 2.61. The molecule has 0 bridgehead atoms. The van der Waals surface area contributed by atoms with E-state index >= 15 is 0 Å². The Bertz CT molecular complexity index is 813. The van der Waals surface area contributed by atoms with Gasteiger partial charge in [0.25, 0.3) is 5.91 Å². The molecular formula is C16H14F2N4O2. The fourth-order valence-corrected chi connectivity index (χ4v) is 1.69. The highest BCUT2D eigenvalue weighted by Gasteiger charge is 2.12. The molecule has 0 aliphatic heterocycles. The highest BCUT2D eigenvalue weighted by atomic mass is 19.1. The molecule has 0 aliphatic rings. The number of halogens is 2. The number of hydrogen-bond acceptors (Lipinski definition) is 5. The largest absolute Gasteiger partial charge is 0.454 e. The highest BCUT2D eigenvalue weighted by molar-refractivity contribution is 5.95. The van der Waals surface area contributed by atoms with Gasteiger partial charge in [0.05, 0.1) is 12.4 Å². The summed E-state index contributed by atoms with van der Waals surface area (Å²) >= 11 is 0. The minimum absolute atomic E-state index is 0. The summed E-state index contributed by atoms with van der Waals surface area (Å²) in [7, 11) is 0. The van der Waals surface area contributed by atoms with Crippen molar-refractivity contribution < 1.29 is 19.7 Å². The van der Waals surface area contributed by atoms with E-state index in [-0.39, 0.29) is 24.3 Å². The minimum atomic E-state index is -0.815. The molecule has 24 heavy (non-hydrogen) atoms. The Balaban J connectivity index is 0.00000312. The molecule has 0 fully saturated rings. The van der Waals surface area contributed by atoms with Gasteiger partial charge in [0.15, 0.2) is 5.75 Å². The average Bonchev–Trinajstić information content (AvgIpc) is 2.54. The van der Waals surface area contributed by atoms with Crippen LogP contribution >= 0.6 is 0 Å². The minimum Gasteiger partial charge on any atom is -0.454 e. The molecule has 0 saturated heterocycles. The Morgan fingerprint density at radius 2 is 2.00 bits per heavy atom. The number of amides is 1. The second kappa shape index (κ2) is 7.73. The number of hydrogen-bond donors (Lipinski definition) is 1. The van der Waals surface area contributed by atoms with Crippen LogP contribution in [0.3, 0.4) is 0 Å². The molecule has 8 heteroatoms. The maximum Gasteiger partial charge on any atom is 0.257 e. The molecule has 2 aromatic rings. The van der Waals surface area contributed by atoms with Crippen molar-refractivity contribution in [3.8, 4) is 11.5 Å². The van der Waals surface area contributed by atoms with E-state index in [1.54, 1.807) is 0 Å². The third kappa shape index (κ3) is 4.80. The molecule has 2 rings (SSSR count). The second-order valence-electron chi connectivity index (χ2n) is 4.44. The number of aliphatic imine (C=N–C) groups is 1. The van der Waals surface area contributed by atoms with Gasteiger partial charge >= 0.3 is 0 Å². The molecule has 0 aliphatic carbocycles. The predicted molar refractivity (Wildman–Crippen MR) is 86.0 cm³/mol. The van der Waals surface area contributed by atoms with Gasteiger partial charge in [-0.3, -0.25) is 4.79 Å². The molecule has 0 unspecified atom stereocenters. The van der Waals surface area contributed by atoms with Crippen LogP contribution in [0.2, 0.25) is 0 Å². The number of carbonyl (C=O) groups is 1. The molecule has 1 heterocycles. The summed E-state index contributed by atoms with van der Waals surface area (Å²) in [6, 6.07) is 3.39. The van der Waals surface area contributed by atoms with E-state index in [2.05, 4.69) is 33.6 Å². The van der Waals surface area contributed by atoms with Crippen LogP contribution in [0.1, 0.15) is 11.8 Å². The van der Waals surface area contributed by atoms with Gasteiger partial charge in [0, 0.05) is 19.1 Å². The first kappa shape index (κ1) is 16.9. The Kier molecular flexibility index (Phi) is 5.45. The van der Waals surface area contributed by atoms with Crippen LogP contribution in [0.4, 0.5) is 8.78 Å². The first-order chi connectivity index (χ1) is 11.5. The normalized spacial score (nSPS) is 10.8. The standard InChI is InChI=1S/C16H12F2N4O2.H2/c1-10(17)3-15(19-2)22-16(23)11-4-12(18)6-13(5-11)24-14-7-20-9-21-8-14;/h3-9H,1-2H2,(H,22,23);1H/b15-3+;. The van der Waals surface area contributed by atoms with Crippen LogP contribution in [-0.2, 0) is 0 Å². The Morgan fingerprint density at radius 3 is 2.62 bits per heavy atom. The lowest BCUT2D eigenvalue weighted by molar-refractivity contribution is 0.0964. The van der Waals surface area contributed by atoms with Gasteiger partial charge in [-0.1, -0.05) is 6.58 Å². The first-order valence-corrected chi connectivity index (χ1v) is 6.55. The molecule has 1 amide bonds. The topological polar surface area (TPSA) is 76.5 Å². The van der Waals surface area contributed by atoms with Crippen molar-refractivity contribution >= 4 is 12.6 Å². The molecule has 1 aromatic carbocycles. The quantitative estimate of drug-likeness (QED) is 0.650. The SMILES string of the molecule is C=N/C(=C\C(=C)F)NC(=O)c1cc(F)cc(Oc2cncnc2)c1.[HH]. The smallest absolute Gasteiger partial charge is 0.257 e. The lowest BCUT2D eigenvalue weighted by Crippen LogP contribution is -2.22. The average molecular weight is 332 g/mol. The number of allylic oxidation sites excluding steroid dienone is 2. The van der Waals surface area contributed by atoms with Gasteiger partial charge in [-0.25, -0.2) is 23.7 Å². The highest BCUT2D eigenvalue weighted by Crippen LogP contribution is 2.22. The lowest BCUT2D eigenvalue weighted by atomic mass is 10.2. The molecule has 1 N–H and O–H groups in total. The fourth-order valence-electron chi connectivity index (χ4n) is 1.69. The molecule has 124 valence electrons. The van der Waals surface area contributed by atoms with E-state index in [1.807, 2.05) is 0 Å². The van der Waals surface area contributed by atoms with Gasteiger partial charge in [-0.2, -0.15) is 0 Å². The molecule has 1 aromatic heterocycles. The number of nitrogens with one attached hydrogen (secondary N) is 1. The molecule has 0 spiro atoms. The van der Waals surface area contributed by atoms with E-state index in [0.717, 1.165) is 18.2 Å². The molecule has 6 nitrogen and oxygen atoms in total. The number of ether oxygens (including phenoxy) is 1. The maximum absolute atomic E-state index is 13.7. The molecular weight excluding hydrogens is 318 g/mol. The van der Waals surface area contributed by atoms with Crippen molar-refractivity contribution in [1.82, 2.24) is 15.3 Å². The zero-order chi connectivity index (χ0) is 17.5. The van der Waals surface area contributed by atoms with Crippen LogP contribution in [0, 0.1) is 5.82 Å². The van der Waals surface area contributed by atoms with Crippen LogP contribution in [0.15, 0.2) is 66.2 Å². The number of aromatic nitrogens is 2. The molecule has 0 radical (unpaired) electrons.